The van der Waals surface area contributed by atoms with Crippen LogP contribution in [0.15, 0.2) is 24.3 Å². The van der Waals surface area contributed by atoms with Gasteiger partial charge in [0.25, 0.3) is 0 Å². The fourth-order valence-corrected chi connectivity index (χ4v) is 2.24. The second-order valence-electron chi connectivity index (χ2n) is 6.27. The quantitative estimate of drug-likeness (QED) is 0.832. The lowest BCUT2D eigenvalue weighted by Crippen LogP contribution is -2.20. The van der Waals surface area contributed by atoms with Crippen molar-refractivity contribution in [3.63, 3.8) is 0 Å². The highest BCUT2D eigenvalue weighted by Crippen LogP contribution is 2.19. The van der Waals surface area contributed by atoms with Crippen molar-refractivity contribution in [2.24, 2.45) is 5.41 Å². The molecule has 1 heterocycles. The van der Waals surface area contributed by atoms with Crippen LogP contribution in [0.2, 0.25) is 0 Å². The molecule has 0 atom stereocenters. The molecular weight excluding hydrogens is 234 g/mol. The minimum Gasteiger partial charge on any atom is -0.311 e. The summed E-state index contributed by atoms with van der Waals surface area (Å²) in [6.07, 6.45) is 1.18. The fourth-order valence-electron chi connectivity index (χ4n) is 2.24. The molecule has 0 bridgehead atoms. The molecule has 0 aliphatic rings. The third-order valence-electron chi connectivity index (χ3n) is 3.38. The van der Waals surface area contributed by atoms with Gasteiger partial charge in [-0.2, -0.15) is 5.10 Å². The van der Waals surface area contributed by atoms with E-state index in [4.69, 9.17) is 5.10 Å². The van der Waals surface area contributed by atoms with Crippen LogP contribution in [0.25, 0.3) is 10.9 Å². The first-order chi connectivity index (χ1) is 9.01. The number of aryl methyl sites for hydroxylation is 1. The standard InChI is InChI=1S/C16H25N3/c1-5-19-15-9-7-6-8-13(15)14(18-19)12-17-11-10-16(2,3)4/h6-9,17H,5,10-12H2,1-4H3. The maximum atomic E-state index is 4.70. The Hall–Kier alpha value is -1.35. The molecule has 104 valence electrons. The van der Waals surface area contributed by atoms with Crippen molar-refractivity contribution in [1.29, 1.82) is 0 Å². The van der Waals surface area contributed by atoms with E-state index in [0.717, 1.165) is 25.3 Å². The predicted octanol–water partition coefficient (Wildman–Crippen LogP) is 3.58. The van der Waals surface area contributed by atoms with Crippen molar-refractivity contribution in [3.05, 3.63) is 30.0 Å². The largest absolute Gasteiger partial charge is 0.311 e. The second-order valence-corrected chi connectivity index (χ2v) is 6.27. The van der Waals surface area contributed by atoms with E-state index in [2.05, 4.69) is 62.0 Å². The first-order valence-corrected chi connectivity index (χ1v) is 7.16. The average Bonchev–Trinajstić information content (AvgIpc) is 2.72. The highest BCUT2D eigenvalue weighted by Gasteiger charge is 2.11. The molecule has 0 saturated carbocycles. The van der Waals surface area contributed by atoms with Gasteiger partial charge in [-0.05, 0) is 31.4 Å². The monoisotopic (exact) mass is 259 g/mol. The molecule has 2 rings (SSSR count). The van der Waals surface area contributed by atoms with Gasteiger partial charge in [0.2, 0.25) is 0 Å². The average molecular weight is 259 g/mol. The zero-order valence-electron chi connectivity index (χ0n) is 12.5. The first kappa shape index (κ1) is 14.1. The van der Waals surface area contributed by atoms with Crippen molar-refractivity contribution >= 4 is 10.9 Å². The molecule has 0 aliphatic heterocycles. The number of hydrogen-bond acceptors (Lipinski definition) is 2. The summed E-state index contributed by atoms with van der Waals surface area (Å²) >= 11 is 0. The number of fused-ring (bicyclic) bond motifs is 1. The summed E-state index contributed by atoms with van der Waals surface area (Å²) in [6.45, 7) is 11.8. The van der Waals surface area contributed by atoms with Crippen LogP contribution in [0.3, 0.4) is 0 Å². The maximum Gasteiger partial charge on any atom is 0.0841 e. The Bertz CT molecular complexity index is 534. The van der Waals surface area contributed by atoms with E-state index in [1.807, 2.05) is 0 Å². The number of hydrogen-bond donors (Lipinski definition) is 1. The van der Waals surface area contributed by atoms with Gasteiger partial charge in [-0.25, -0.2) is 0 Å². The van der Waals surface area contributed by atoms with Crippen LogP contribution in [-0.2, 0) is 13.1 Å². The van der Waals surface area contributed by atoms with Gasteiger partial charge in [-0.3, -0.25) is 4.68 Å². The number of aromatic nitrogens is 2. The number of rotatable bonds is 5. The molecule has 0 unspecified atom stereocenters. The van der Waals surface area contributed by atoms with Gasteiger partial charge < -0.3 is 5.32 Å². The zero-order valence-corrected chi connectivity index (χ0v) is 12.5. The topological polar surface area (TPSA) is 29.9 Å². The van der Waals surface area contributed by atoms with E-state index >= 15 is 0 Å². The van der Waals surface area contributed by atoms with Gasteiger partial charge >= 0.3 is 0 Å². The minimum absolute atomic E-state index is 0.387. The number of nitrogens with zero attached hydrogens (tertiary/aromatic N) is 2. The highest BCUT2D eigenvalue weighted by molar-refractivity contribution is 5.81. The Morgan fingerprint density at radius 3 is 2.63 bits per heavy atom. The number of nitrogens with one attached hydrogen (secondary N) is 1. The smallest absolute Gasteiger partial charge is 0.0841 e. The fraction of sp³-hybridized carbons (Fsp3) is 0.562. The lowest BCUT2D eigenvalue weighted by Gasteiger charge is -2.17. The molecule has 0 aliphatic carbocycles. The van der Waals surface area contributed by atoms with E-state index in [1.165, 1.54) is 17.3 Å². The normalized spacial score (nSPS) is 12.2. The van der Waals surface area contributed by atoms with Crippen LogP contribution < -0.4 is 5.32 Å². The molecule has 3 heteroatoms. The van der Waals surface area contributed by atoms with Crippen LogP contribution in [0.4, 0.5) is 0 Å². The van der Waals surface area contributed by atoms with E-state index in [0.29, 0.717) is 5.41 Å². The maximum absolute atomic E-state index is 4.70. The Balaban J connectivity index is 2.05. The zero-order chi connectivity index (χ0) is 13.9. The van der Waals surface area contributed by atoms with Crippen molar-refractivity contribution in [2.75, 3.05) is 6.54 Å². The molecule has 1 N–H and O–H groups in total. The summed E-state index contributed by atoms with van der Waals surface area (Å²) in [4.78, 5) is 0. The molecule has 2 aromatic rings. The summed E-state index contributed by atoms with van der Waals surface area (Å²) in [5.74, 6) is 0. The van der Waals surface area contributed by atoms with Crippen molar-refractivity contribution in [1.82, 2.24) is 15.1 Å². The Morgan fingerprint density at radius 2 is 1.95 bits per heavy atom. The van der Waals surface area contributed by atoms with E-state index in [9.17, 15) is 0 Å². The Morgan fingerprint density at radius 1 is 1.21 bits per heavy atom. The summed E-state index contributed by atoms with van der Waals surface area (Å²) in [6, 6.07) is 8.47. The molecule has 1 aromatic heterocycles. The lowest BCUT2D eigenvalue weighted by atomic mass is 9.92. The minimum atomic E-state index is 0.387. The van der Waals surface area contributed by atoms with Crippen LogP contribution >= 0.6 is 0 Å². The van der Waals surface area contributed by atoms with Crippen LogP contribution in [0, 0.1) is 5.41 Å². The summed E-state index contributed by atoms with van der Waals surface area (Å²) in [5.41, 5.74) is 2.78. The molecule has 3 nitrogen and oxygen atoms in total. The van der Waals surface area contributed by atoms with Crippen molar-refractivity contribution in [3.8, 4) is 0 Å². The van der Waals surface area contributed by atoms with Gasteiger partial charge in [0, 0.05) is 18.5 Å². The molecule has 0 fully saturated rings. The summed E-state index contributed by atoms with van der Waals surface area (Å²) < 4.78 is 2.08. The van der Waals surface area contributed by atoms with Gasteiger partial charge in [-0.15, -0.1) is 0 Å². The predicted molar refractivity (Wildman–Crippen MR) is 81.2 cm³/mol. The van der Waals surface area contributed by atoms with Crippen LogP contribution in [0.1, 0.15) is 39.8 Å². The lowest BCUT2D eigenvalue weighted by molar-refractivity contribution is 0.366. The SMILES string of the molecule is CCn1nc(CNCCC(C)(C)C)c2ccccc21. The third kappa shape index (κ3) is 3.57. The van der Waals surface area contributed by atoms with E-state index in [1.54, 1.807) is 0 Å². The third-order valence-corrected chi connectivity index (χ3v) is 3.38. The molecular formula is C16H25N3. The van der Waals surface area contributed by atoms with Crippen molar-refractivity contribution < 1.29 is 0 Å². The summed E-state index contributed by atoms with van der Waals surface area (Å²) in [5, 5.41) is 9.48. The van der Waals surface area contributed by atoms with Crippen LogP contribution in [-0.4, -0.2) is 16.3 Å². The highest BCUT2D eigenvalue weighted by atomic mass is 15.3. The molecule has 0 radical (unpaired) electrons. The molecule has 0 amide bonds. The Labute approximate surface area is 116 Å². The van der Waals surface area contributed by atoms with Gasteiger partial charge in [-0.1, -0.05) is 39.0 Å². The Kier molecular flexibility index (Phi) is 4.25. The van der Waals surface area contributed by atoms with Crippen molar-refractivity contribution in [2.45, 2.75) is 47.2 Å². The van der Waals surface area contributed by atoms with Gasteiger partial charge in [0.15, 0.2) is 0 Å². The molecule has 19 heavy (non-hydrogen) atoms. The second kappa shape index (κ2) is 5.74. The van der Waals surface area contributed by atoms with Crippen LogP contribution in [0.5, 0.6) is 0 Å². The first-order valence-electron chi connectivity index (χ1n) is 7.16. The van der Waals surface area contributed by atoms with Gasteiger partial charge in [0.05, 0.1) is 11.2 Å². The van der Waals surface area contributed by atoms with E-state index in [-0.39, 0.29) is 0 Å². The number of benzene rings is 1. The van der Waals surface area contributed by atoms with Gasteiger partial charge in [0.1, 0.15) is 0 Å². The molecule has 0 spiro atoms. The summed E-state index contributed by atoms with van der Waals surface area (Å²) in [7, 11) is 0. The molecule has 1 aromatic carbocycles. The number of para-hydroxylation sites is 1. The molecule has 0 saturated heterocycles. The van der Waals surface area contributed by atoms with E-state index < -0.39 is 0 Å².